The number of rotatable bonds is 4. The van der Waals surface area contributed by atoms with Crippen LogP contribution in [0.15, 0.2) is 71.8 Å². The lowest BCUT2D eigenvalue weighted by atomic mass is 10.1. The summed E-state index contributed by atoms with van der Waals surface area (Å²) in [7, 11) is 0. The zero-order valence-corrected chi connectivity index (χ0v) is 17.2. The van der Waals surface area contributed by atoms with Gasteiger partial charge in [-0.2, -0.15) is 0 Å². The molecule has 0 unspecified atom stereocenters. The molecule has 0 aliphatic heterocycles. The van der Waals surface area contributed by atoms with Gasteiger partial charge in [0.05, 0.1) is 23.2 Å². The highest BCUT2D eigenvalue weighted by Gasteiger charge is 2.16. The predicted octanol–water partition coefficient (Wildman–Crippen LogP) is 4.59. The molecule has 1 amide bonds. The largest absolute Gasteiger partial charge is 0.322 e. The SMILES string of the molecule is O=C(Cn1cnc2c(sc3nc(-c4ccccc4)ccc32)c1=O)Nc1cc(F)ccc1F. The van der Waals surface area contributed by atoms with Crippen molar-refractivity contribution in [3.8, 4) is 11.3 Å². The Labute approximate surface area is 183 Å². The Morgan fingerprint density at radius 2 is 1.88 bits per heavy atom. The molecule has 1 N–H and O–H groups in total. The predicted molar refractivity (Wildman–Crippen MR) is 120 cm³/mol. The Morgan fingerprint density at radius 1 is 1.06 bits per heavy atom. The van der Waals surface area contributed by atoms with Gasteiger partial charge in [-0.1, -0.05) is 30.3 Å². The average Bonchev–Trinajstić information content (AvgIpc) is 3.17. The number of carbonyl (C=O) groups is 1. The van der Waals surface area contributed by atoms with Gasteiger partial charge in [0.25, 0.3) is 5.56 Å². The highest BCUT2D eigenvalue weighted by molar-refractivity contribution is 7.25. The van der Waals surface area contributed by atoms with Gasteiger partial charge in [0, 0.05) is 17.0 Å². The fraction of sp³-hybridized carbons (Fsp3) is 0.0435. The maximum atomic E-state index is 13.8. The second kappa shape index (κ2) is 7.93. The summed E-state index contributed by atoms with van der Waals surface area (Å²) in [4.78, 5) is 34.9. The Morgan fingerprint density at radius 3 is 2.69 bits per heavy atom. The number of aromatic nitrogens is 3. The first kappa shape index (κ1) is 20.0. The van der Waals surface area contributed by atoms with Crippen LogP contribution in [-0.2, 0) is 11.3 Å². The van der Waals surface area contributed by atoms with Crippen molar-refractivity contribution < 1.29 is 13.6 Å². The Balaban J connectivity index is 1.48. The standard InChI is InChI=1S/C23H14F2N4O2S/c24-14-6-8-16(25)18(10-14)27-19(30)11-29-12-26-20-15-7-9-17(13-4-2-1-3-5-13)28-22(15)32-21(20)23(29)31/h1-10,12H,11H2,(H,27,30). The van der Waals surface area contributed by atoms with Crippen LogP contribution in [0, 0.1) is 11.6 Å². The molecule has 0 radical (unpaired) electrons. The van der Waals surface area contributed by atoms with Crippen LogP contribution in [0.4, 0.5) is 14.5 Å². The van der Waals surface area contributed by atoms with Crippen LogP contribution < -0.4 is 10.9 Å². The average molecular weight is 448 g/mol. The number of nitrogens with zero attached hydrogens (tertiary/aromatic N) is 3. The second-order valence-corrected chi connectivity index (χ2v) is 8.04. The van der Waals surface area contributed by atoms with Gasteiger partial charge in [-0.15, -0.1) is 11.3 Å². The van der Waals surface area contributed by atoms with Crippen molar-refractivity contribution in [3.63, 3.8) is 0 Å². The third-order valence-electron chi connectivity index (χ3n) is 4.90. The minimum atomic E-state index is -0.773. The molecule has 0 atom stereocenters. The van der Waals surface area contributed by atoms with E-state index in [0.717, 1.165) is 39.4 Å². The van der Waals surface area contributed by atoms with Crippen molar-refractivity contribution in [1.82, 2.24) is 14.5 Å². The molecule has 0 saturated carbocycles. The second-order valence-electron chi connectivity index (χ2n) is 7.04. The van der Waals surface area contributed by atoms with Crippen LogP contribution in [0.3, 0.4) is 0 Å². The van der Waals surface area contributed by atoms with Crippen LogP contribution in [0.25, 0.3) is 31.7 Å². The summed E-state index contributed by atoms with van der Waals surface area (Å²) in [5, 5.41) is 3.03. The molecular formula is C23H14F2N4O2S. The van der Waals surface area contributed by atoms with Crippen molar-refractivity contribution in [2.45, 2.75) is 6.54 Å². The molecule has 6 nitrogen and oxygen atoms in total. The molecule has 0 fully saturated rings. The van der Waals surface area contributed by atoms with Crippen LogP contribution in [-0.4, -0.2) is 20.4 Å². The molecule has 158 valence electrons. The van der Waals surface area contributed by atoms with Gasteiger partial charge in [0.2, 0.25) is 5.91 Å². The molecule has 0 saturated heterocycles. The molecule has 5 aromatic rings. The van der Waals surface area contributed by atoms with Gasteiger partial charge >= 0.3 is 0 Å². The molecule has 3 aromatic heterocycles. The number of thiophene rings is 1. The summed E-state index contributed by atoms with van der Waals surface area (Å²) in [6, 6.07) is 16.2. The minimum Gasteiger partial charge on any atom is -0.322 e. The number of nitrogens with one attached hydrogen (secondary N) is 1. The number of fused-ring (bicyclic) bond motifs is 3. The number of hydrogen-bond acceptors (Lipinski definition) is 5. The van der Waals surface area contributed by atoms with E-state index in [-0.39, 0.29) is 5.69 Å². The van der Waals surface area contributed by atoms with Crippen LogP contribution in [0.2, 0.25) is 0 Å². The van der Waals surface area contributed by atoms with Gasteiger partial charge < -0.3 is 5.32 Å². The van der Waals surface area contributed by atoms with E-state index in [9.17, 15) is 18.4 Å². The number of carbonyl (C=O) groups excluding carboxylic acids is 1. The molecule has 32 heavy (non-hydrogen) atoms. The topological polar surface area (TPSA) is 76.9 Å². The lowest BCUT2D eigenvalue weighted by molar-refractivity contribution is -0.116. The van der Waals surface area contributed by atoms with Gasteiger partial charge in [-0.3, -0.25) is 14.2 Å². The van der Waals surface area contributed by atoms with Gasteiger partial charge in [0.15, 0.2) is 0 Å². The molecule has 0 spiro atoms. The fourth-order valence-corrected chi connectivity index (χ4v) is 4.45. The van der Waals surface area contributed by atoms with E-state index in [1.54, 1.807) is 0 Å². The maximum Gasteiger partial charge on any atom is 0.271 e. The molecule has 0 aliphatic rings. The number of amides is 1. The molecule has 0 bridgehead atoms. The van der Waals surface area contributed by atoms with E-state index >= 15 is 0 Å². The summed E-state index contributed by atoms with van der Waals surface area (Å²) in [6.07, 6.45) is 1.27. The summed E-state index contributed by atoms with van der Waals surface area (Å²) >= 11 is 1.20. The first-order valence-corrected chi connectivity index (χ1v) is 10.4. The fourth-order valence-electron chi connectivity index (χ4n) is 3.37. The summed E-state index contributed by atoms with van der Waals surface area (Å²) < 4.78 is 28.6. The van der Waals surface area contributed by atoms with Crippen molar-refractivity contribution in [3.05, 3.63) is 89.0 Å². The highest BCUT2D eigenvalue weighted by Crippen LogP contribution is 2.31. The molecular weight excluding hydrogens is 434 g/mol. The van der Waals surface area contributed by atoms with Crippen molar-refractivity contribution in [2.24, 2.45) is 0 Å². The van der Waals surface area contributed by atoms with Gasteiger partial charge in [-0.25, -0.2) is 18.7 Å². The summed E-state index contributed by atoms with van der Waals surface area (Å²) in [5.41, 5.74) is 1.54. The van der Waals surface area contributed by atoms with Crippen molar-refractivity contribution >= 4 is 43.4 Å². The molecule has 5 rings (SSSR count). The van der Waals surface area contributed by atoms with Crippen molar-refractivity contribution in [2.75, 3.05) is 5.32 Å². The first-order chi connectivity index (χ1) is 15.5. The summed E-state index contributed by atoms with van der Waals surface area (Å²) in [6.45, 7) is -0.394. The van der Waals surface area contributed by atoms with Crippen LogP contribution >= 0.6 is 11.3 Å². The van der Waals surface area contributed by atoms with E-state index in [1.807, 2.05) is 42.5 Å². The van der Waals surface area contributed by atoms with E-state index in [4.69, 9.17) is 0 Å². The lowest BCUT2D eigenvalue weighted by Crippen LogP contribution is -2.27. The van der Waals surface area contributed by atoms with E-state index in [2.05, 4.69) is 15.3 Å². The zero-order chi connectivity index (χ0) is 22.2. The minimum absolute atomic E-state index is 0.295. The first-order valence-electron chi connectivity index (χ1n) is 9.58. The highest BCUT2D eigenvalue weighted by atomic mass is 32.1. The van der Waals surface area contributed by atoms with Crippen LogP contribution in [0.5, 0.6) is 0 Å². The molecule has 2 aromatic carbocycles. The Hall–Kier alpha value is -3.98. The quantitative estimate of drug-likeness (QED) is 0.436. The van der Waals surface area contributed by atoms with Gasteiger partial charge in [0.1, 0.15) is 27.7 Å². The smallest absolute Gasteiger partial charge is 0.271 e. The lowest BCUT2D eigenvalue weighted by Gasteiger charge is -2.08. The number of halogens is 2. The van der Waals surface area contributed by atoms with Crippen molar-refractivity contribution in [1.29, 1.82) is 0 Å². The Bertz CT molecular complexity index is 1550. The summed E-state index contributed by atoms with van der Waals surface area (Å²) in [5.74, 6) is -2.14. The van der Waals surface area contributed by atoms with Crippen LogP contribution in [0.1, 0.15) is 0 Å². The third kappa shape index (κ3) is 3.63. The van der Waals surface area contributed by atoms with E-state index in [0.29, 0.717) is 15.0 Å². The number of anilines is 1. The van der Waals surface area contributed by atoms with E-state index < -0.39 is 29.6 Å². The maximum absolute atomic E-state index is 13.8. The monoisotopic (exact) mass is 448 g/mol. The normalized spacial score (nSPS) is 11.2. The third-order valence-corrected chi connectivity index (χ3v) is 5.97. The zero-order valence-electron chi connectivity index (χ0n) is 16.4. The molecule has 9 heteroatoms. The molecule has 3 heterocycles. The van der Waals surface area contributed by atoms with Gasteiger partial charge in [-0.05, 0) is 24.3 Å². The Kier molecular flexibility index (Phi) is 4.95. The number of benzene rings is 2. The number of hydrogen-bond donors (Lipinski definition) is 1. The molecule has 0 aliphatic carbocycles. The van der Waals surface area contributed by atoms with E-state index in [1.165, 1.54) is 17.7 Å². The number of pyridine rings is 1.